The first kappa shape index (κ1) is 21.8. The van der Waals surface area contributed by atoms with E-state index in [0.29, 0.717) is 28.2 Å². The molecule has 0 N–H and O–H groups in total. The van der Waals surface area contributed by atoms with E-state index in [0.717, 1.165) is 11.8 Å². The van der Waals surface area contributed by atoms with E-state index in [1.807, 2.05) is 4.57 Å². The molecule has 0 aliphatic heterocycles. The SMILES string of the molecule is COCCn1c(=NC(=O)Cc2ccc([N+](=O)[O-])cc2)sc2cc(S(C)(=O)=O)ccc21. The molecule has 1 aromatic heterocycles. The number of thiazole rings is 1. The first-order valence-electron chi connectivity index (χ1n) is 8.82. The van der Waals surface area contributed by atoms with Crippen LogP contribution in [0.5, 0.6) is 0 Å². The number of aromatic nitrogens is 1. The van der Waals surface area contributed by atoms with Gasteiger partial charge in [-0.05, 0) is 23.8 Å². The number of non-ortho nitro benzene ring substituents is 1. The lowest BCUT2D eigenvalue weighted by Gasteiger charge is -2.05. The summed E-state index contributed by atoms with van der Waals surface area (Å²) in [6.45, 7) is 0.835. The van der Waals surface area contributed by atoms with Crippen molar-refractivity contribution >= 4 is 43.0 Å². The quantitative estimate of drug-likeness (QED) is 0.403. The second kappa shape index (κ2) is 8.86. The Labute approximate surface area is 176 Å². The van der Waals surface area contributed by atoms with Gasteiger partial charge in [0.25, 0.3) is 11.6 Å². The Bertz CT molecular complexity index is 1270. The highest BCUT2D eigenvalue weighted by atomic mass is 32.2. The molecule has 3 rings (SSSR count). The van der Waals surface area contributed by atoms with Gasteiger partial charge in [-0.2, -0.15) is 4.99 Å². The van der Waals surface area contributed by atoms with Crippen LogP contribution in [0.2, 0.25) is 0 Å². The van der Waals surface area contributed by atoms with Crippen LogP contribution in [-0.2, 0) is 32.3 Å². The van der Waals surface area contributed by atoms with Crippen molar-refractivity contribution < 1.29 is 22.9 Å². The Hall–Kier alpha value is -2.89. The molecule has 2 aromatic carbocycles. The number of sulfone groups is 1. The zero-order chi connectivity index (χ0) is 21.9. The number of carbonyl (C=O) groups excluding carboxylic acids is 1. The Morgan fingerprint density at radius 1 is 1.23 bits per heavy atom. The molecule has 9 nitrogen and oxygen atoms in total. The molecule has 11 heteroatoms. The molecule has 0 spiro atoms. The molecule has 0 fully saturated rings. The summed E-state index contributed by atoms with van der Waals surface area (Å²) in [5, 5.41) is 10.7. The number of nitro groups is 1. The van der Waals surface area contributed by atoms with Gasteiger partial charge >= 0.3 is 0 Å². The lowest BCUT2D eigenvalue weighted by atomic mass is 10.1. The second-order valence-electron chi connectivity index (χ2n) is 6.54. The fourth-order valence-corrected chi connectivity index (χ4v) is 4.66. The van der Waals surface area contributed by atoms with Crippen molar-refractivity contribution in [2.45, 2.75) is 17.9 Å². The fraction of sp³-hybridized carbons (Fsp3) is 0.263. The summed E-state index contributed by atoms with van der Waals surface area (Å²) in [5.41, 5.74) is 1.32. The number of hydrogen-bond acceptors (Lipinski definition) is 7. The van der Waals surface area contributed by atoms with Crippen molar-refractivity contribution in [3.63, 3.8) is 0 Å². The van der Waals surface area contributed by atoms with Crippen molar-refractivity contribution in [1.82, 2.24) is 4.57 Å². The molecule has 0 radical (unpaired) electrons. The number of benzene rings is 2. The molecule has 0 unspecified atom stereocenters. The van der Waals surface area contributed by atoms with Gasteiger partial charge in [0.15, 0.2) is 14.6 Å². The topological polar surface area (TPSA) is 121 Å². The van der Waals surface area contributed by atoms with E-state index in [9.17, 15) is 23.3 Å². The average molecular weight is 450 g/mol. The van der Waals surface area contributed by atoms with Crippen LogP contribution in [0, 0.1) is 10.1 Å². The largest absolute Gasteiger partial charge is 0.383 e. The molecular weight excluding hydrogens is 430 g/mol. The van der Waals surface area contributed by atoms with E-state index < -0.39 is 20.7 Å². The van der Waals surface area contributed by atoms with Gasteiger partial charge in [0.05, 0.1) is 33.1 Å². The Morgan fingerprint density at radius 2 is 1.93 bits per heavy atom. The van der Waals surface area contributed by atoms with Crippen LogP contribution in [0.4, 0.5) is 5.69 Å². The highest BCUT2D eigenvalue weighted by Crippen LogP contribution is 2.22. The van der Waals surface area contributed by atoms with Gasteiger partial charge in [0, 0.05) is 32.0 Å². The molecule has 1 heterocycles. The molecule has 1 amide bonds. The predicted molar refractivity (Wildman–Crippen MR) is 112 cm³/mol. The standard InChI is InChI=1S/C19H19N3O6S2/c1-28-10-9-21-16-8-7-15(30(2,26)27)12-17(16)29-19(21)20-18(23)11-13-3-5-14(6-4-13)22(24)25/h3-8,12H,9-11H2,1-2H3. The summed E-state index contributed by atoms with van der Waals surface area (Å²) in [5.74, 6) is -0.412. The molecule has 158 valence electrons. The van der Waals surface area contributed by atoms with Crippen molar-refractivity contribution in [3.05, 3.63) is 62.9 Å². The minimum atomic E-state index is -3.36. The molecule has 0 bridgehead atoms. The number of carbonyl (C=O) groups is 1. The Morgan fingerprint density at radius 3 is 2.53 bits per heavy atom. The number of methoxy groups -OCH3 is 1. The summed E-state index contributed by atoms with van der Waals surface area (Å²) >= 11 is 1.22. The molecule has 0 atom stereocenters. The molecule has 0 aliphatic rings. The third kappa shape index (κ3) is 4.99. The van der Waals surface area contributed by atoms with E-state index in [2.05, 4.69) is 4.99 Å². The number of hydrogen-bond donors (Lipinski definition) is 0. The van der Waals surface area contributed by atoms with Gasteiger partial charge in [-0.15, -0.1) is 0 Å². The van der Waals surface area contributed by atoms with Gasteiger partial charge in [-0.25, -0.2) is 8.42 Å². The maximum absolute atomic E-state index is 12.5. The van der Waals surface area contributed by atoms with Crippen LogP contribution in [0.15, 0.2) is 52.4 Å². The third-order valence-corrected chi connectivity index (χ3v) is 6.48. The minimum absolute atomic E-state index is 0.00882. The number of nitro benzene ring substituents is 1. The first-order valence-corrected chi connectivity index (χ1v) is 11.5. The van der Waals surface area contributed by atoms with Crippen molar-refractivity contribution in [2.75, 3.05) is 20.0 Å². The normalized spacial score (nSPS) is 12.4. The number of fused-ring (bicyclic) bond motifs is 1. The maximum atomic E-state index is 12.5. The summed E-state index contributed by atoms with van der Waals surface area (Å²) in [6.07, 6.45) is 1.13. The van der Waals surface area contributed by atoms with Gasteiger partial charge in [-0.1, -0.05) is 23.5 Å². The Balaban J connectivity index is 1.98. The van der Waals surface area contributed by atoms with Crippen LogP contribution >= 0.6 is 11.3 Å². The minimum Gasteiger partial charge on any atom is -0.383 e. The highest BCUT2D eigenvalue weighted by molar-refractivity contribution is 7.90. The van der Waals surface area contributed by atoms with Crippen molar-refractivity contribution in [3.8, 4) is 0 Å². The molecule has 30 heavy (non-hydrogen) atoms. The lowest BCUT2D eigenvalue weighted by molar-refractivity contribution is -0.384. The molecule has 0 aliphatic carbocycles. The summed E-state index contributed by atoms with van der Waals surface area (Å²) in [6, 6.07) is 10.5. The highest BCUT2D eigenvalue weighted by Gasteiger charge is 2.13. The van der Waals surface area contributed by atoms with E-state index in [-0.39, 0.29) is 17.0 Å². The Kier molecular flexibility index (Phi) is 6.44. The maximum Gasteiger partial charge on any atom is 0.269 e. The van der Waals surface area contributed by atoms with Gasteiger partial charge in [-0.3, -0.25) is 14.9 Å². The molecular formula is C19H19N3O6S2. The van der Waals surface area contributed by atoms with Crippen molar-refractivity contribution in [2.24, 2.45) is 4.99 Å². The smallest absolute Gasteiger partial charge is 0.269 e. The zero-order valence-corrected chi connectivity index (χ0v) is 17.9. The molecule has 0 saturated heterocycles. The van der Waals surface area contributed by atoms with Crippen LogP contribution in [0.25, 0.3) is 10.2 Å². The number of amides is 1. The van der Waals surface area contributed by atoms with Crippen LogP contribution < -0.4 is 4.80 Å². The van der Waals surface area contributed by atoms with E-state index in [1.165, 1.54) is 41.7 Å². The number of rotatable bonds is 7. The molecule has 3 aromatic rings. The second-order valence-corrected chi connectivity index (χ2v) is 9.56. The summed E-state index contributed by atoms with van der Waals surface area (Å²) in [7, 11) is -1.80. The predicted octanol–water partition coefficient (Wildman–Crippen LogP) is 2.33. The summed E-state index contributed by atoms with van der Waals surface area (Å²) < 4.78 is 31.3. The third-order valence-electron chi connectivity index (χ3n) is 4.32. The van der Waals surface area contributed by atoms with E-state index in [4.69, 9.17) is 4.74 Å². The zero-order valence-electron chi connectivity index (χ0n) is 16.3. The van der Waals surface area contributed by atoms with E-state index in [1.54, 1.807) is 19.2 Å². The van der Waals surface area contributed by atoms with Crippen LogP contribution in [0.1, 0.15) is 5.56 Å². The van der Waals surface area contributed by atoms with Crippen LogP contribution in [-0.4, -0.2) is 43.8 Å². The van der Waals surface area contributed by atoms with Crippen LogP contribution in [0.3, 0.4) is 0 Å². The first-order chi connectivity index (χ1) is 14.2. The van der Waals surface area contributed by atoms with Gasteiger partial charge < -0.3 is 9.30 Å². The number of nitrogens with zero attached hydrogens (tertiary/aromatic N) is 3. The molecule has 0 saturated carbocycles. The average Bonchev–Trinajstić information content (AvgIpc) is 3.02. The van der Waals surface area contributed by atoms with Gasteiger partial charge in [0.1, 0.15) is 0 Å². The lowest BCUT2D eigenvalue weighted by Crippen LogP contribution is -2.19. The fourth-order valence-electron chi connectivity index (χ4n) is 2.82. The van der Waals surface area contributed by atoms with Gasteiger partial charge in [0.2, 0.25) is 0 Å². The van der Waals surface area contributed by atoms with E-state index >= 15 is 0 Å². The van der Waals surface area contributed by atoms with Crippen molar-refractivity contribution in [1.29, 1.82) is 0 Å². The monoisotopic (exact) mass is 449 g/mol. The number of ether oxygens (including phenoxy) is 1. The summed E-state index contributed by atoms with van der Waals surface area (Å²) in [4.78, 5) is 27.6.